The number of hydrogen-bond acceptors (Lipinski definition) is 5. The van der Waals surface area contributed by atoms with Crippen LogP contribution in [0.1, 0.15) is 24.0 Å². The molecule has 1 fully saturated rings. The molecule has 1 heterocycles. The first-order valence-corrected chi connectivity index (χ1v) is 9.46. The molecule has 1 aliphatic heterocycles. The van der Waals surface area contributed by atoms with E-state index < -0.39 is 0 Å². The van der Waals surface area contributed by atoms with Gasteiger partial charge in [0.2, 0.25) is 0 Å². The Kier molecular flexibility index (Phi) is 6.24. The summed E-state index contributed by atoms with van der Waals surface area (Å²) in [6.45, 7) is 2.68. The Labute approximate surface area is 161 Å². The highest BCUT2D eigenvalue weighted by molar-refractivity contribution is 9.10. The molecule has 0 radical (unpaired) electrons. The smallest absolute Gasteiger partial charge is 0.292 e. The third-order valence-corrected chi connectivity index (χ3v) is 5.24. The summed E-state index contributed by atoms with van der Waals surface area (Å²) in [5, 5.41) is 23.8. The average molecular weight is 420 g/mol. The number of piperidine rings is 1. The van der Waals surface area contributed by atoms with Crippen LogP contribution in [0, 0.1) is 10.1 Å². The number of nitrogens with zero attached hydrogens (tertiary/aromatic N) is 2. The zero-order chi connectivity index (χ0) is 18.5. The number of nitro benzene ring substituents is 1. The van der Waals surface area contributed by atoms with E-state index in [0.717, 1.165) is 36.9 Å². The highest BCUT2D eigenvalue weighted by atomic mass is 79.9. The van der Waals surface area contributed by atoms with E-state index in [1.165, 1.54) is 11.6 Å². The van der Waals surface area contributed by atoms with Gasteiger partial charge in [-0.25, -0.2) is 0 Å². The predicted octanol–water partition coefficient (Wildman–Crippen LogP) is 3.93. The third kappa shape index (κ3) is 4.81. The molecule has 0 bridgehead atoms. The monoisotopic (exact) mass is 419 g/mol. The van der Waals surface area contributed by atoms with Crippen LogP contribution in [0.15, 0.2) is 46.9 Å². The number of halogens is 1. The van der Waals surface area contributed by atoms with E-state index in [2.05, 4.69) is 50.4 Å². The molecule has 0 aliphatic carbocycles. The van der Waals surface area contributed by atoms with Crippen molar-refractivity contribution >= 4 is 27.3 Å². The minimum Gasteiger partial charge on any atom is -0.392 e. The number of hydrogen-bond donors (Lipinski definition) is 2. The van der Waals surface area contributed by atoms with Crippen molar-refractivity contribution in [3.8, 4) is 0 Å². The standard InChI is InChI=1S/C19H22BrN3O3/c20-16-4-1-14(2-5-16)12-22-9-7-17(8-10-22)21-18-11-15(13-24)3-6-19(18)23(25)26/h1-6,11,17,21,24H,7-10,12-13H2. The summed E-state index contributed by atoms with van der Waals surface area (Å²) in [7, 11) is 0. The predicted molar refractivity (Wildman–Crippen MR) is 105 cm³/mol. The average Bonchev–Trinajstić information content (AvgIpc) is 2.65. The van der Waals surface area contributed by atoms with Crippen LogP contribution in [0.5, 0.6) is 0 Å². The zero-order valence-electron chi connectivity index (χ0n) is 14.4. The number of nitro groups is 1. The van der Waals surface area contributed by atoms with Gasteiger partial charge in [-0.2, -0.15) is 0 Å². The summed E-state index contributed by atoms with van der Waals surface area (Å²) in [5.41, 5.74) is 2.50. The molecule has 0 atom stereocenters. The maximum Gasteiger partial charge on any atom is 0.292 e. The largest absolute Gasteiger partial charge is 0.392 e. The van der Waals surface area contributed by atoms with Crippen molar-refractivity contribution in [2.45, 2.75) is 32.0 Å². The minimum absolute atomic E-state index is 0.0551. The number of aliphatic hydroxyl groups is 1. The molecule has 0 spiro atoms. The molecule has 0 saturated carbocycles. The van der Waals surface area contributed by atoms with Crippen molar-refractivity contribution in [1.29, 1.82) is 0 Å². The van der Waals surface area contributed by atoms with Crippen LogP contribution in [0.2, 0.25) is 0 Å². The molecule has 0 amide bonds. The molecule has 2 aromatic rings. The fourth-order valence-corrected chi connectivity index (χ4v) is 3.52. The van der Waals surface area contributed by atoms with Gasteiger partial charge in [-0.1, -0.05) is 28.1 Å². The van der Waals surface area contributed by atoms with Crippen LogP contribution in [-0.4, -0.2) is 34.1 Å². The molecule has 2 N–H and O–H groups in total. The van der Waals surface area contributed by atoms with Crippen molar-refractivity contribution in [3.63, 3.8) is 0 Å². The highest BCUT2D eigenvalue weighted by Crippen LogP contribution is 2.28. The minimum atomic E-state index is -0.383. The molecule has 2 aromatic carbocycles. The highest BCUT2D eigenvalue weighted by Gasteiger charge is 2.22. The zero-order valence-corrected chi connectivity index (χ0v) is 16.0. The molecule has 26 heavy (non-hydrogen) atoms. The topological polar surface area (TPSA) is 78.6 Å². The molecule has 1 aliphatic rings. The van der Waals surface area contributed by atoms with Gasteiger partial charge >= 0.3 is 0 Å². The SMILES string of the molecule is O=[N+]([O-])c1ccc(CO)cc1NC1CCN(Cc2ccc(Br)cc2)CC1. The van der Waals surface area contributed by atoms with Crippen molar-refractivity contribution in [1.82, 2.24) is 4.90 Å². The quantitative estimate of drug-likeness (QED) is 0.547. The Morgan fingerprint density at radius 1 is 1.15 bits per heavy atom. The number of likely N-dealkylation sites (tertiary alicyclic amines) is 1. The van der Waals surface area contributed by atoms with E-state index in [9.17, 15) is 15.2 Å². The summed E-state index contributed by atoms with van der Waals surface area (Å²) in [5.74, 6) is 0. The molecule has 6 nitrogen and oxygen atoms in total. The second-order valence-corrected chi connectivity index (χ2v) is 7.50. The van der Waals surface area contributed by atoms with E-state index in [4.69, 9.17) is 0 Å². The molecule has 7 heteroatoms. The Hall–Kier alpha value is -1.96. The van der Waals surface area contributed by atoms with Crippen LogP contribution in [-0.2, 0) is 13.2 Å². The molecule has 0 unspecified atom stereocenters. The van der Waals surface area contributed by atoms with Gasteiger partial charge in [-0.15, -0.1) is 0 Å². The maximum absolute atomic E-state index is 11.2. The van der Waals surface area contributed by atoms with E-state index in [-0.39, 0.29) is 23.3 Å². The van der Waals surface area contributed by atoms with Crippen LogP contribution in [0.3, 0.4) is 0 Å². The van der Waals surface area contributed by atoms with Gasteiger partial charge in [0, 0.05) is 36.2 Å². The second kappa shape index (κ2) is 8.62. The fourth-order valence-electron chi connectivity index (χ4n) is 3.26. The summed E-state index contributed by atoms with van der Waals surface area (Å²) >= 11 is 3.45. The van der Waals surface area contributed by atoms with Gasteiger partial charge in [0.05, 0.1) is 11.5 Å². The van der Waals surface area contributed by atoms with E-state index in [0.29, 0.717) is 11.3 Å². The fraction of sp³-hybridized carbons (Fsp3) is 0.368. The van der Waals surface area contributed by atoms with E-state index >= 15 is 0 Å². The summed E-state index contributed by atoms with van der Waals surface area (Å²) in [6.07, 6.45) is 1.86. The maximum atomic E-state index is 11.2. The molecule has 0 aromatic heterocycles. The van der Waals surface area contributed by atoms with Crippen molar-refractivity contribution in [2.75, 3.05) is 18.4 Å². The van der Waals surface area contributed by atoms with Gasteiger partial charge in [-0.05, 0) is 48.2 Å². The molecule has 138 valence electrons. The number of benzene rings is 2. The van der Waals surface area contributed by atoms with Gasteiger partial charge in [0.25, 0.3) is 5.69 Å². The van der Waals surface area contributed by atoms with Crippen LogP contribution >= 0.6 is 15.9 Å². The molecule has 1 saturated heterocycles. The first-order valence-electron chi connectivity index (χ1n) is 8.66. The Balaban J connectivity index is 1.58. The van der Waals surface area contributed by atoms with Crippen molar-refractivity contribution < 1.29 is 10.0 Å². The van der Waals surface area contributed by atoms with E-state index in [1.54, 1.807) is 12.1 Å². The Morgan fingerprint density at radius 3 is 2.42 bits per heavy atom. The summed E-state index contributed by atoms with van der Waals surface area (Å²) < 4.78 is 1.08. The Morgan fingerprint density at radius 2 is 1.81 bits per heavy atom. The molecular weight excluding hydrogens is 398 g/mol. The lowest BCUT2D eigenvalue weighted by atomic mass is 10.0. The second-order valence-electron chi connectivity index (χ2n) is 6.59. The lowest BCUT2D eigenvalue weighted by molar-refractivity contribution is -0.384. The number of rotatable bonds is 6. The lowest BCUT2D eigenvalue weighted by Crippen LogP contribution is -2.38. The van der Waals surface area contributed by atoms with E-state index in [1.807, 2.05) is 0 Å². The number of anilines is 1. The van der Waals surface area contributed by atoms with Gasteiger partial charge in [0.15, 0.2) is 0 Å². The van der Waals surface area contributed by atoms with Crippen molar-refractivity contribution in [2.24, 2.45) is 0 Å². The first kappa shape index (κ1) is 18.8. The molecular formula is C19H22BrN3O3. The van der Waals surface area contributed by atoms with Crippen LogP contribution in [0.25, 0.3) is 0 Å². The number of nitrogens with one attached hydrogen (secondary N) is 1. The van der Waals surface area contributed by atoms with Crippen LogP contribution in [0.4, 0.5) is 11.4 Å². The summed E-state index contributed by atoms with van der Waals surface area (Å²) in [4.78, 5) is 13.3. The van der Waals surface area contributed by atoms with Gasteiger partial charge in [-0.3, -0.25) is 15.0 Å². The Bertz CT molecular complexity index is 759. The molecule has 3 rings (SSSR count). The van der Waals surface area contributed by atoms with Gasteiger partial charge < -0.3 is 10.4 Å². The number of aliphatic hydroxyl groups excluding tert-OH is 1. The van der Waals surface area contributed by atoms with Crippen LogP contribution < -0.4 is 5.32 Å². The first-order chi connectivity index (χ1) is 12.5. The lowest BCUT2D eigenvalue weighted by Gasteiger charge is -2.32. The normalized spacial score (nSPS) is 15.8. The summed E-state index contributed by atoms with van der Waals surface area (Å²) in [6, 6.07) is 13.3. The van der Waals surface area contributed by atoms with Crippen molar-refractivity contribution in [3.05, 3.63) is 68.2 Å². The van der Waals surface area contributed by atoms with Gasteiger partial charge in [0.1, 0.15) is 5.69 Å². The third-order valence-electron chi connectivity index (χ3n) is 4.71.